The van der Waals surface area contributed by atoms with Gasteiger partial charge < -0.3 is 4.42 Å². The third-order valence-electron chi connectivity index (χ3n) is 1.12. The Bertz CT molecular complexity index is 318. The van der Waals surface area contributed by atoms with Gasteiger partial charge in [0.05, 0.1) is 5.56 Å². The standard InChI is InChI=1S/C7H6BrNO3/c1-4(10)9-7(11)5-2-6(8)12-3-5/h2-3H,1H3,(H,9,10,11). The maximum Gasteiger partial charge on any atom is 0.261 e. The van der Waals surface area contributed by atoms with Crippen molar-refractivity contribution in [1.29, 1.82) is 0 Å². The highest BCUT2D eigenvalue weighted by Gasteiger charge is 2.09. The third kappa shape index (κ3) is 2.20. The Morgan fingerprint density at radius 1 is 1.58 bits per heavy atom. The largest absolute Gasteiger partial charge is 0.457 e. The molecule has 1 aromatic rings. The van der Waals surface area contributed by atoms with Crippen LogP contribution in [0.1, 0.15) is 17.3 Å². The highest BCUT2D eigenvalue weighted by molar-refractivity contribution is 9.10. The van der Waals surface area contributed by atoms with E-state index in [-0.39, 0.29) is 0 Å². The van der Waals surface area contributed by atoms with E-state index >= 15 is 0 Å². The average Bonchev–Trinajstić information content (AvgIpc) is 2.34. The zero-order valence-corrected chi connectivity index (χ0v) is 7.84. The summed E-state index contributed by atoms with van der Waals surface area (Å²) in [6.45, 7) is 1.27. The van der Waals surface area contributed by atoms with Crippen LogP contribution < -0.4 is 5.32 Å². The molecule has 0 saturated heterocycles. The Balaban J connectivity index is 2.72. The minimum atomic E-state index is -0.461. The molecule has 2 amide bonds. The number of rotatable bonds is 1. The maximum absolute atomic E-state index is 11.1. The van der Waals surface area contributed by atoms with Gasteiger partial charge in [-0.3, -0.25) is 14.9 Å². The summed E-state index contributed by atoms with van der Waals surface area (Å²) < 4.78 is 5.27. The van der Waals surface area contributed by atoms with Crippen molar-refractivity contribution in [2.45, 2.75) is 6.92 Å². The molecule has 0 fully saturated rings. The Hall–Kier alpha value is -1.10. The second kappa shape index (κ2) is 3.53. The van der Waals surface area contributed by atoms with Gasteiger partial charge in [-0.25, -0.2) is 0 Å². The lowest BCUT2D eigenvalue weighted by Gasteiger charge is -1.94. The first-order chi connectivity index (χ1) is 5.59. The molecule has 0 atom stereocenters. The van der Waals surface area contributed by atoms with Crippen molar-refractivity contribution in [3.05, 3.63) is 22.6 Å². The molecule has 0 bridgehead atoms. The van der Waals surface area contributed by atoms with Gasteiger partial charge in [0.2, 0.25) is 5.91 Å². The molecule has 4 nitrogen and oxygen atoms in total. The van der Waals surface area contributed by atoms with Crippen LogP contribution in [0.3, 0.4) is 0 Å². The van der Waals surface area contributed by atoms with Crippen LogP contribution >= 0.6 is 15.9 Å². The molecule has 0 aliphatic rings. The molecular formula is C7H6BrNO3. The van der Waals surface area contributed by atoms with Crippen LogP contribution in [0.2, 0.25) is 0 Å². The SMILES string of the molecule is CC(=O)NC(=O)c1coc(Br)c1. The first kappa shape index (κ1) is 8.99. The molecule has 0 aliphatic carbocycles. The van der Waals surface area contributed by atoms with Gasteiger partial charge in [0.25, 0.3) is 5.91 Å². The van der Waals surface area contributed by atoms with E-state index < -0.39 is 11.8 Å². The summed E-state index contributed by atoms with van der Waals surface area (Å²) in [7, 11) is 0. The molecule has 1 heterocycles. The minimum Gasteiger partial charge on any atom is -0.457 e. The van der Waals surface area contributed by atoms with Crippen LogP contribution in [0.4, 0.5) is 0 Å². The van der Waals surface area contributed by atoms with Gasteiger partial charge >= 0.3 is 0 Å². The van der Waals surface area contributed by atoms with Crippen LogP contribution in [-0.4, -0.2) is 11.8 Å². The van der Waals surface area contributed by atoms with Crippen LogP contribution in [0.5, 0.6) is 0 Å². The zero-order valence-electron chi connectivity index (χ0n) is 6.26. The summed E-state index contributed by atoms with van der Waals surface area (Å²) in [4.78, 5) is 21.5. The first-order valence-corrected chi connectivity index (χ1v) is 3.95. The lowest BCUT2D eigenvalue weighted by molar-refractivity contribution is -0.118. The highest BCUT2D eigenvalue weighted by atomic mass is 79.9. The number of imide groups is 1. The molecule has 0 saturated carbocycles. The van der Waals surface area contributed by atoms with E-state index in [1.807, 2.05) is 0 Å². The fourth-order valence-corrected chi connectivity index (χ4v) is 1.00. The summed E-state index contributed by atoms with van der Waals surface area (Å²) in [6, 6.07) is 1.48. The molecule has 12 heavy (non-hydrogen) atoms. The van der Waals surface area contributed by atoms with Gasteiger partial charge in [0, 0.05) is 13.0 Å². The van der Waals surface area contributed by atoms with E-state index in [2.05, 4.69) is 21.2 Å². The Morgan fingerprint density at radius 2 is 2.25 bits per heavy atom. The number of carbonyl (C=O) groups is 2. The molecule has 1 N–H and O–H groups in total. The van der Waals surface area contributed by atoms with E-state index in [1.165, 1.54) is 19.3 Å². The molecule has 0 unspecified atom stereocenters. The summed E-state index contributed by atoms with van der Waals surface area (Å²) in [5.41, 5.74) is 0.317. The van der Waals surface area contributed by atoms with Crippen molar-refractivity contribution in [3.63, 3.8) is 0 Å². The van der Waals surface area contributed by atoms with Crippen LogP contribution in [0.25, 0.3) is 0 Å². The van der Waals surface area contributed by atoms with Gasteiger partial charge in [-0.15, -0.1) is 0 Å². The Labute approximate surface area is 77.1 Å². The quantitative estimate of drug-likeness (QED) is 0.794. The average molecular weight is 232 g/mol. The predicted octanol–water partition coefficient (Wildman–Crippen LogP) is 1.32. The molecule has 1 aromatic heterocycles. The fourth-order valence-electron chi connectivity index (χ4n) is 0.661. The Morgan fingerprint density at radius 3 is 2.67 bits per heavy atom. The van der Waals surface area contributed by atoms with Crippen LogP contribution in [0.15, 0.2) is 21.4 Å². The lowest BCUT2D eigenvalue weighted by Crippen LogP contribution is -2.27. The molecule has 1 rings (SSSR count). The molecule has 64 valence electrons. The second-order valence-electron chi connectivity index (χ2n) is 2.15. The van der Waals surface area contributed by atoms with Crippen molar-refractivity contribution in [1.82, 2.24) is 5.32 Å². The van der Waals surface area contributed by atoms with E-state index in [0.717, 1.165) is 0 Å². The normalized spacial score (nSPS) is 9.50. The number of halogens is 1. The van der Waals surface area contributed by atoms with E-state index in [0.29, 0.717) is 10.2 Å². The van der Waals surface area contributed by atoms with E-state index in [1.54, 1.807) is 0 Å². The molecular weight excluding hydrogens is 226 g/mol. The van der Waals surface area contributed by atoms with Crippen molar-refractivity contribution >= 4 is 27.7 Å². The summed E-state index contributed by atoms with van der Waals surface area (Å²) >= 11 is 3.04. The monoisotopic (exact) mass is 231 g/mol. The van der Waals surface area contributed by atoms with Crippen molar-refractivity contribution in [2.75, 3.05) is 0 Å². The lowest BCUT2D eigenvalue weighted by atomic mass is 10.3. The van der Waals surface area contributed by atoms with Gasteiger partial charge in [0.1, 0.15) is 6.26 Å². The van der Waals surface area contributed by atoms with Crippen LogP contribution in [-0.2, 0) is 4.79 Å². The highest BCUT2D eigenvalue weighted by Crippen LogP contribution is 2.13. The third-order valence-corrected chi connectivity index (χ3v) is 1.54. The van der Waals surface area contributed by atoms with Gasteiger partial charge in [-0.1, -0.05) is 0 Å². The predicted molar refractivity (Wildman–Crippen MR) is 44.6 cm³/mol. The summed E-state index contributed by atoms with van der Waals surface area (Å²) in [5.74, 6) is -0.853. The van der Waals surface area contributed by atoms with Gasteiger partial charge in [0.15, 0.2) is 4.67 Å². The Kier molecular flexibility index (Phi) is 2.65. The number of furan rings is 1. The van der Waals surface area contributed by atoms with Crippen LogP contribution in [0, 0.1) is 0 Å². The van der Waals surface area contributed by atoms with Crippen molar-refractivity contribution in [2.24, 2.45) is 0 Å². The molecule has 0 aliphatic heterocycles. The number of carbonyl (C=O) groups excluding carboxylic acids is 2. The number of nitrogens with one attached hydrogen (secondary N) is 1. The topological polar surface area (TPSA) is 59.3 Å². The number of hydrogen-bond acceptors (Lipinski definition) is 3. The molecule has 0 radical (unpaired) electrons. The number of amides is 2. The van der Waals surface area contributed by atoms with Gasteiger partial charge in [-0.2, -0.15) is 0 Å². The number of hydrogen-bond donors (Lipinski definition) is 1. The maximum atomic E-state index is 11.1. The summed E-state index contributed by atoms with van der Waals surface area (Å²) in [6.07, 6.45) is 1.27. The van der Waals surface area contributed by atoms with Crippen molar-refractivity contribution in [3.8, 4) is 0 Å². The summed E-state index contributed by atoms with van der Waals surface area (Å²) in [5, 5.41) is 2.11. The molecule has 5 heteroatoms. The smallest absolute Gasteiger partial charge is 0.261 e. The van der Waals surface area contributed by atoms with Crippen molar-refractivity contribution < 1.29 is 14.0 Å². The molecule has 0 spiro atoms. The minimum absolute atomic E-state index is 0.317. The van der Waals surface area contributed by atoms with E-state index in [4.69, 9.17) is 4.42 Å². The first-order valence-electron chi connectivity index (χ1n) is 3.15. The second-order valence-corrected chi connectivity index (χ2v) is 2.93. The fraction of sp³-hybridized carbons (Fsp3) is 0.143. The zero-order chi connectivity index (χ0) is 9.14. The molecule has 0 aromatic carbocycles. The van der Waals surface area contributed by atoms with Gasteiger partial charge in [-0.05, 0) is 15.9 Å². The van der Waals surface area contributed by atoms with E-state index in [9.17, 15) is 9.59 Å².